The van der Waals surface area contributed by atoms with Crippen LogP contribution in [0.15, 0.2) is 42.5 Å². The molecule has 2 aromatic carbocycles. The first-order chi connectivity index (χ1) is 18.0. The zero-order valence-corrected chi connectivity index (χ0v) is 23.1. The van der Waals surface area contributed by atoms with Gasteiger partial charge in [0.2, 0.25) is 0 Å². The number of amides is 1. The Morgan fingerprint density at radius 1 is 1.03 bits per heavy atom. The summed E-state index contributed by atoms with van der Waals surface area (Å²) in [4.78, 5) is 30.3. The lowest BCUT2D eigenvalue weighted by Gasteiger charge is -2.40. The van der Waals surface area contributed by atoms with Crippen LogP contribution in [-0.4, -0.2) is 77.1 Å². The highest BCUT2D eigenvalue weighted by Crippen LogP contribution is 2.29. The number of nitrogens with zero attached hydrogens (tertiary/aromatic N) is 2. The molecule has 7 heteroatoms. The molecule has 2 aromatic rings. The molecule has 1 atom stereocenters. The van der Waals surface area contributed by atoms with Crippen LogP contribution in [0.2, 0.25) is 0 Å². The van der Waals surface area contributed by atoms with E-state index in [1.54, 1.807) is 11.8 Å². The predicted molar refractivity (Wildman–Crippen MR) is 152 cm³/mol. The number of carboxylic acids is 1. The van der Waals surface area contributed by atoms with Crippen molar-refractivity contribution >= 4 is 23.6 Å². The second-order valence-electron chi connectivity index (χ2n) is 10.4. The van der Waals surface area contributed by atoms with Crippen molar-refractivity contribution in [1.29, 1.82) is 0 Å². The van der Waals surface area contributed by atoms with E-state index < -0.39 is 12.0 Å². The monoisotopic (exact) mass is 523 g/mol. The van der Waals surface area contributed by atoms with E-state index in [9.17, 15) is 14.7 Å². The van der Waals surface area contributed by atoms with E-state index >= 15 is 0 Å². The van der Waals surface area contributed by atoms with Gasteiger partial charge < -0.3 is 10.4 Å². The zero-order valence-electron chi connectivity index (χ0n) is 22.2. The molecule has 0 aromatic heterocycles. The molecule has 2 aliphatic rings. The maximum Gasteiger partial charge on any atom is 0.326 e. The number of hydrogen-bond acceptors (Lipinski definition) is 5. The van der Waals surface area contributed by atoms with Crippen LogP contribution in [-0.2, 0) is 11.3 Å². The summed E-state index contributed by atoms with van der Waals surface area (Å²) in [5.74, 6) is -0.655. The fourth-order valence-corrected chi connectivity index (χ4v) is 6.18. The standard InChI is InChI=1S/C30H41N3O3S/c1-22-8-6-7-11-25(22)27-20-23(12-13-26(27)29(34)31-28(30(35)36)14-19-37-2)21-32-15-17-33(18-16-32)24-9-4-3-5-10-24/h6-8,11-13,20,24,28H,3-5,9-10,14-19,21H2,1-2H3,(H,31,34)(H,35,36)/t28-/m0/s1. The first-order valence-corrected chi connectivity index (χ1v) is 15.0. The topological polar surface area (TPSA) is 72.9 Å². The van der Waals surface area contributed by atoms with Gasteiger partial charge in [-0.05, 0) is 72.6 Å². The highest BCUT2D eigenvalue weighted by atomic mass is 32.2. The van der Waals surface area contributed by atoms with Gasteiger partial charge in [-0.3, -0.25) is 14.6 Å². The van der Waals surface area contributed by atoms with Crippen molar-refractivity contribution < 1.29 is 14.7 Å². The second-order valence-corrected chi connectivity index (χ2v) is 11.4. The first-order valence-electron chi connectivity index (χ1n) is 13.6. The van der Waals surface area contributed by atoms with Crippen LogP contribution in [0.5, 0.6) is 0 Å². The summed E-state index contributed by atoms with van der Waals surface area (Å²) in [6.45, 7) is 7.28. The molecule has 0 bridgehead atoms. The van der Waals surface area contributed by atoms with Crippen molar-refractivity contribution in [2.45, 2.75) is 64.1 Å². The van der Waals surface area contributed by atoms with Gasteiger partial charge in [-0.1, -0.05) is 49.6 Å². The molecular weight excluding hydrogens is 482 g/mol. The van der Waals surface area contributed by atoms with Crippen molar-refractivity contribution in [2.24, 2.45) is 0 Å². The molecule has 0 radical (unpaired) electrons. The van der Waals surface area contributed by atoms with E-state index in [1.807, 2.05) is 49.6 Å². The first kappa shape index (κ1) is 27.7. The molecule has 1 amide bonds. The molecule has 1 saturated carbocycles. The van der Waals surface area contributed by atoms with Crippen LogP contribution >= 0.6 is 11.8 Å². The van der Waals surface area contributed by atoms with Gasteiger partial charge in [0.1, 0.15) is 6.04 Å². The van der Waals surface area contributed by atoms with Crippen LogP contribution in [0, 0.1) is 6.92 Å². The van der Waals surface area contributed by atoms with Gasteiger partial charge >= 0.3 is 5.97 Å². The Bertz CT molecular complexity index is 1060. The van der Waals surface area contributed by atoms with Crippen molar-refractivity contribution in [3.05, 3.63) is 59.2 Å². The fourth-order valence-electron chi connectivity index (χ4n) is 5.71. The Morgan fingerprint density at radius 2 is 1.76 bits per heavy atom. The molecule has 1 saturated heterocycles. The number of carbonyl (C=O) groups is 2. The summed E-state index contributed by atoms with van der Waals surface area (Å²) >= 11 is 1.58. The van der Waals surface area contributed by atoms with E-state index in [2.05, 4.69) is 21.2 Å². The van der Waals surface area contributed by atoms with Gasteiger partial charge in [0.25, 0.3) is 5.91 Å². The predicted octanol–water partition coefficient (Wildman–Crippen LogP) is 5.05. The fraction of sp³-hybridized carbons (Fsp3) is 0.533. The molecule has 200 valence electrons. The molecular formula is C30H41N3O3S. The quantitative estimate of drug-likeness (QED) is 0.454. The summed E-state index contributed by atoms with van der Waals surface area (Å²) in [5, 5.41) is 12.4. The van der Waals surface area contributed by atoms with Gasteiger partial charge in [-0.15, -0.1) is 0 Å². The SMILES string of the molecule is CSCC[C@H](NC(=O)c1ccc(CN2CCN(C3CCCCC3)CC2)cc1-c1ccccc1C)C(=O)O. The normalized spacial score (nSPS) is 18.4. The molecule has 1 heterocycles. The number of hydrogen-bond donors (Lipinski definition) is 2. The molecule has 37 heavy (non-hydrogen) atoms. The minimum absolute atomic E-state index is 0.334. The number of piperazine rings is 1. The molecule has 2 N–H and O–H groups in total. The van der Waals surface area contributed by atoms with Crippen LogP contribution in [0.4, 0.5) is 0 Å². The van der Waals surface area contributed by atoms with Gasteiger partial charge in [0.15, 0.2) is 0 Å². The van der Waals surface area contributed by atoms with Crippen LogP contribution in [0.1, 0.15) is 60.0 Å². The molecule has 4 rings (SSSR count). The maximum absolute atomic E-state index is 13.3. The average molecular weight is 524 g/mol. The van der Waals surface area contributed by atoms with E-state index in [1.165, 1.54) is 37.7 Å². The molecule has 0 spiro atoms. The van der Waals surface area contributed by atoms with Gasteiger partial charge in [0, 0.05) is 44.3 Å². The van der Waals surface area contributed by atoms with E-state index in [-0.39, 0.29) is 5.91 Å². The summed E-state index contributed by atoms with van der Waals surface area (Å²) in [6, 6.07) is 14.0. The molecule has 0 unspecified atom stereocenters. The Hall–Kier alpha value is -2.35. The zero-order chi connectivity index (χ0) is 26.2. The summed E-state index contributed by atoms with van der Waals surface area (Å²) in [6.07, 6.45) is 9.17. The molecule has 1 aliphatic carbocycles. The highest BCUT2D eigenvalue weighted by molar-refractivity contribution is 7.98. The third-order valence-electron chi connectivity index (χ3n) is 7.88. The van der Waals surface area contributed by atoms with Crippen molar-refractivity contribution in [2.75, 3.05) is 38.2 Å². The number of aryl methyl sites for hydroxylation is 1. The number of thioether (sulfide) groups is 1. The van der Waals surface area contributed by atoms with Gasteiger partial charge in [0.05, 0.1) is 0 Å². The van der Waals surface area contributed by atoms with Crippen molar-refractivity contribution in [3.63, 3.8) is 0 Å². The second kappa shape index (κ2) is 13.4. The minimum atomic E-state index is -0.996. The van der Waals surface area contributed by atoms with E-state index in [0.29, 0.717) is 17.7 Å². The summed E-state index contributed by atoms with van der Waals surface area (Å²) < 4.78 is 0. The van der Waals surface area contributed by atoms with E-state index in [4.69, 9.17) is 0 Å². The van der Waals surface area contributed by atoms with Gasteiger partial charge in [-0.25, -0.2) is 4.79 Å². The summed E-state index contributed by atoms with van der Waals surface area (Å²) in [5.41, 5.74) is 4.66. The molecule has 1 aliphatic heterocycles. The molecule has 6 nitrogen and oxygen atoms in total. The third kappa shape index (κ3) is 7.37. The average Bonchev–Trinajstić information content (AvgIpc) is 2.92. The number of aliphatic carboxylic acids is 1. The number of nitrogens with one attached hydrogen (secondary N) is 1. The highest BCUT2D eigenvalue weighted by Gasteiger charge is 2.26. The van der Waals surface area contributed by atoms with Crippen LogP contribution in [0.25, 0.3) is 11.1 Å². The maximum atomic E-state index is 13.3. The lowest BCUT2D eigenvalue weighted by atomic mass is 9.93. The minimum Gasteiger partial charge on any atom is -0.480 e. The van der Waals surface area contributed by atoms with E-state index in [0.717, 1.165) is 55.5 Å². The van der Waals surface area contributed by atoms with Crippen LogP contribution in [0.3, 0.4) is 0 Å². The molecule has 2 fully saturated rings. The van der Waals surface area contributed by atoms with Crippen molar-refractivity contribution in [1.82, 2.24) is 15.1 Å². The number of carboxylic acid groups (broad SMARTS) is 1. The number of rotatable bonds is 10. The lowest BCUT2D eigenvalue weighted by molar-refractivity contribution is -0.139. The Kier molecular flexibility index (Phi) is 10.1. The number of benzene rings is 2. The smallest absolute Gasteiger partial charge is 0.326 e. The van der Waals surface area contributed by atoms with Crippen LogP contribution < -0.4 is 5.32 Å². The Morgan fingerprint density at radius 3 is 2.43 bits per heavy atom. The Labute approximate surface area is 225 Å². The van der Waals surface area contributed by atoms with Gasteiger partial charge in [-0.2, -0.15) is 11.8 Å². The largest absolute Gasteiger partial charge is 0.480 e. The summed E-state index contributed by atoms with van der Waals surface area (Å²) in [7, 11) is 0. The third-order valence-corrected chi connectivity index (χ3v) is 8.53. The Balaban J connectivity index is 1.50. The van der Waals surface area contributed by atoms with Crippen molar-refractivity contribution in [3.8, 4) is 11.1 Å². The number of carbonyl (C=O) groups excluding carboxylic acids is 1. The lowest BCUT2D eigenvalue weighted by Crippen LogP contribution is -2.50.